The van der Waals surface area contributed by atoms with Crippen LogP contribution in [0, 0.1) is 6.92 Å². The molecule has 3 nitrogen and oxygen atoms in total. The number of methoxy groups -OCH3 is 1. The van der Waals surface area contributed by atoms with Crippen molar-refractivity contribution in [1.29, 1.82) is 0 Å². The molecule has 4 heteroatoms. The number of hydrogen-bond acceptors (Lipinski definition) is 3. The summed E-state index contributed by atoms with van der Waals surface area (Å²) in [6.07, 6.45) is 1.06. The Bertz CT molecular complexity index is 596. The number of carbonyl (C=O) groups is 1. The van der Waals surface area contributed by atoms with E-state index in [1.54, 1.807) is 0 Å². The van der Waals surface area contributed by atoms with Crippen LogP contribution in [0.2, 0.25) is 5.15 Å². The summed E-state index contributed by atoms with van der Waals surface area (Å²) in [5, 5.41) is 1.57. The first-order chi connectivity index (χ1) is 8.60. The zero-order valence-electron chi connectivity index (χ0n) is 10.4. The van der Waals surface area contributed by atoms with Gasteiger partial charge in [0.1, 0.15) is 5.15 Å². The molecule has 0 saturated heterocycles. The van der Waals surface area contributed by atoms with E-state index in [0.29, 0.717) is 18.0 Å². The molecular weight excluding hydrogens is 250 g/mol. The number of halogens is 1. The standard InChI is InChI=1S/C14H14ClNO2/c1-9-7-11-8-10(4-6-13(17)18-2)3-5-12(11)16-14(9)15/h3,5,7-8H,4,6H2,1-2H3. The molecule has 0 N–H and O–H groups in total. The van der Waals surface area contributed by atoms with E-state index in [-0.39, 0.29) is 5.97 Å². The van der Waals surface area contributed by atoms with E-state index < -0.39 is 0 Å². The first-order valence-corrected chi connectivity index (χ1v) is 6.10. The lowest BCUT2D eigenvalue weighted by molar-refractivity contribution is -0.140. The van der Waals surface area contributed by atoms with Gasteiger partial charge in [0.05, 0.1) is 12.6 Å². The molecule has 2 aromatic rings. The molecule has 1 aromatic carbocycles. The van der Waals surface area contributed by atoms with Crippen LogP contribution in [0.15, 0.2) is 24.3 Å². The van der Waals surface area contributed by atoms with Gasteiger partial charge < -0.3 is 4.74 Å². The van der Waals surface area contributed by atoms with E-state index in [1.807, 2.05) is 31.2 Å². The highest BCUT2D eigenvalue weighted by atomic mass is 35.5. The van der Waals surface area contributed by atoms with Gasteiger partial charge in [0.15, 0.2) is 0 Å². The molecule has 0 aliphatic carbocycles. The Morgan fingerprint density at radius 2 is 2.17 bits per heavy atom. The Kier molecular flexibility index (Phi) is 3.82. The third-order valence-electron chi connectivity index (χ3n) is 2.85. The van der Waals surface area contributed by atoms with Gasteiger partial charge in [0.25, 0.3) is 0 Å². The third-order valence-corrected chi connectivity index (χ3v) is 3.24. The zero-order chi connectivity index (χ0) is 13.1. The maximum atomic E-state index is 11.1. The number of ether oxygens (including phenoxy) is 1. The average Bonchev–Trinajstić information content (AvgIpc) is 2.37. The van der Waals surface area contributed by atoms with E-state index >= 15 is 0 Å². The van der Waals surface area contributed by atoms with Crippen molar-refractivity contribution >= 4 is 28.5 Å². The minimum atomic E-state index is -0.194. The molecule has 2 rings (SSSR count). The summed E-state index contributed by atoms with van der Waals surface area (Å²) >= 11 is 5.98. The van der Waals surface area contributed by atoms with Gasteiger partial charge in [-0.15, -0.1) is 0 Å². The van der Waals surface area contributed by atoms with Crippen molar-refractivity contribution in [3.05, 3.63) is 40.5 Å². The molecular formula is C14H14ClNO2. The summed E-state index contributed by atoms with van der Waals surface area (Å²) < 4.78 is 4.63. The molecule has 94 valence electrons. The van der Waals surface area contributed by atoms with Gasteiger partial charge in [-0.05, 0) is 42.7 Å². The van der Waals surface area contributed by atoms with Crippen molar-refractivity contribution in [2.75, 3.05) is 7.11 Å². The van der Waals surface area contributed by atoms with E-state index in [1.165, 1.54) is 7.11 Å². The maximum Gasteiger partial charge on any atom is 0.305 e. The van der Waals surface area contributed by atoms with Crippen LogP contribution in [0.25, 0.3) is 10.9 Å². The molecule has 0 bridgehead atoms. The Morgan fingerprint density at radius 3 is 2.89 bits per heavy atom. The lowest BCUT2D eigenvalue weighted by Crippen LogP contribution is -2.01. The van der Waals surface area contributed by atoms with Gasteiger partial charge >= 0.3 is 5.97 Å². The van der Waals surface area contributed by atoms with Crippen molar-refractivity contribution in [2.24, 2.45) is 0 Å². The average molecular weight is 264 g/mol. The Hall–Kier alpha value is -1.61. The van der Waals surface area contributed by atoms with Crippen molar-refractivity contribution in [3.63, 3.8) is 0 Å². The number of benzene rings is 1. The summed E-state index contributed by atoms with van der Waals surface area (Å²) in [4.78, 5) is 15.4. The smallest absolute Gasteiger partial charge is 0.305 e. The number of aryl methyl sites for hydroxylation is 2. The number of esters is 1. The Morgan fingerprint density at radius 1 is 1.39 bits per heavy atom. The number of hydrogen-bond donors (Lipinski definition) is 0. The van der Waals surface area contributed by atoms with Crippen LogP contribution < -0.4 is 0 Å². The number of aromatic nitrogens is 1. The minimum absolute atomic E-state index is 0.194. The molecule has 0 amide bonds. The summed E-state index contributed by atoms with van der Waals surface area (Å²) in [7, 11) is 1.40. The topological polar surface area (TPSA) is 39.2 Å². The molecule has 18 heavy (non-hydrogen) atoms. The fraction of sp³-hybridized carbons (Fsp3) is 0.286. The molecule has 0 aliphatic rings. The molecule has 1 heterocycles. The lowest BCUT2D eigenvalue weighted by Gasteiger charge is -2.05. The predicted molar refractivity (Wildman–Crippen MR) is 71.8 cm³/mol. The highest BCUT2D eigenvalue weighted by Crippen LogP contribution is 2.21. The molecule has 0 atom stereocenters. The van der Waals surface area contributed by atoms with E-state index in [4.69, 9.17) is 11.6 Å². The molecule has 1 aromatic heterocycles. The molecule has 0 aliphatic heterocycles. The van der Waals surface area contributed by atoms with Crippen LogP contribution in [0.1, 0.15) is 17.5 Å². The Balaban J connectivity index is 2.27. The molecule has 0 unspecified atom stereocenters. The molecule has 0 saturated carbocycles. The van der Waals surface area contributed by atoms with Gasteiger partial charge in [0, 0.05) is 11.8 Å². The highest BCUT2D eigenvalue weighted by Gasteiger charge is 2.05. The van der Waals surface area contributed by atoms with Gasteiger partial charge in [-0.2, -0.15) is 0 Å². The van der Waals surface area contributed by atoms with E-state index in [2.05, 4.69) is 9.72 Å². The van der Waals surface area contributed by atoms with Crippen molar-refractivity contribution in [2.45, 2.75) is 19.8 Å². The predicted octanol–water partition coefficient (Wildman–Crippen LogP) is 3.30. The summed E-state index contributed by atoms with van der Waals surface area (Å²) in [6.45, 7) is 1.93. The quantitative estimate of drug-likeness (QED) is 0.630. The SMILES string of the molecule is COC(=O)CCc1ccc2nc(Cl)c(C)cc2c1. The number of fused-ring (bicyclic) bond motifs is 1. The summed E-state index contributed by atoms with van der Waals surface area (Å²) in [5.74, 6) is -0.194. The summed E-state index contributed by atoms with van der Waals surface area (Å²) in [6, 6.07) is 7.93. The van der Waals surface area contributed by atoms with Crippen molar-refractivity contribution < 1.29 is 9.53 Å². The maximum absolute atomic E-state index is 11.1. The van der Waals surface area contributed by atoms with Gasteiger partial charge in [-0.25, -0.2) is 4.98 Å². The second kappa shape index (κ2) is 5.36. The number of rotatable bonds is 3. The third kappa shape index (κ3) is 2.79. The molecule has 0 radical (unpaired) electrons. The molecule has 0 fully saturated rings. The Labute approximate surface area is 111 Å². The number of pyridine rings is 1. The highest BCUT2D eigenvalue weighted by molar-refractivity contribution is 6.30. The number of carbonyl (C=O) groups excluding carboxylic acids is 1. The van der Waals surface area contributed by atoms with Crippen LogP contribution in [-0.4, -0.2) is 18.1 Å². The second-order valence-electron chi connectivity index (χ2n) is 4.20. The summed E-state index contributed by atoms with van der Waals surface area (Å²) in [5.41, 5.74) is 2.91. The monoisotopic (exact) mass is 263 g/mol. The normalized spacial score (nSPS) is 10.6. The van der Waals surface area contributed by atoms with Crippen LogP contribution >= 0.6 is 11.6 Å². The first kappa shape index (κ1) is 12.8. The molecule has 0 spiro atoms. The largest absolute Gasteiger partial charge is 0.469 e. The fourth-order valence-corrected chi connectivity index (χ4v) is 1.96. The van der Waals surface area contributed by atoms with Crippen LogP contribution in [0.3, 0.4) is 0 Å². The van der Waals surface area contributed by atoms with Crippen LogP contribution in [-0.2, 0) is 16.0 Å². The number of nitrogens with zero attached hydrogens (tertiary/aromatic N) is 1. The van der Waals surface area contributed by atoms with Crippen LogP contribution in [0.4, 0.5) is 0 Å². The van der Waals surface area contributed by atoms with E-state index in [9.17, 15) is 4.79 Å². The van der Waals surface area contributed by atoms with Gasteiger partial charge in [0.2, 0.25) is 0 Å². The van der Waals surface area contributed by atoms with Crippen molar-refractivity contribution in [3.8, 4) is 0 Å². The van der Waals surface area contributed by atoms with Crippen molar-refractivity contribution in [1.82, 2.24) is 4.98 Å². The van der Waals surface area contributed by atoms with E-state index in [0.717, 1.165) is 22.0 Å². The zero-order valence-corrected chi connectivity index (χ0v) is 11.1. The lowest BCUT2D eigenvalue weighted by atomic mass is 10.1. The fourth-order valence-electron chi connectivity index (χ4n) is 1.81. The van der Waals surface area contributed by atoms with Crippen LogP contribution in [0.5, 0.6) is 0 Å². The van der Waals surface area contributed by atoms with Gasteiger partial charge in [-0.1, -0.05) is 17.7 Å². The first-order valence-electron chi connectivity index (χ1n) is 5.73. The minimum Gasteiger partial charge on any atom is -0.469 e. The van der Waals surface area contributed by atoms with Gasteiger partial charge in [-0.3, -0.25) is 4.79 Å². The second-order valence-corrected chi connectivity index (χ2v) is 4.56.